The molecule has 0 unspecified atom stereocenters. The summed E-state index contributed by atoms with van der Waals surface area (Å²) in [7, 11) is 0. The number of rotatable bonds is 3. The molecule has 0 radical (unpaired) electrons. The number of Topliss-reactive ketones (excluding diaryl/α,β-unsaturated/α-hetero) is 1. The summed E-state index contributed by atoms with van der Waals surface area (Å²) in [6.45, 7) is 0. The van der Waals surface area contributed by atoms with Gasteiger partial charge in [0.05, 0.1) is 0 Å². The molecule has 0 aliphatic carbocycles. The predicted molar refractivity (Wildman–Crippen MR) is 75.3 cm³/mol. The average Bonchev–Trinajstić information content (AvgIpc) is 2.33. The smallest absolute Gasteiger partial charge is 0.169 e. The Labute approximate surface area is 119 Å². The third-order valence-electron chi connectivity index (χ3n) is 2.67. The standard InChI is InChI=1S/C14H10Cl2FNO/c15-9-1-3-11(13(18)7-9)14(19)6-8-5-10(17)2-4-12(8)16/h1-5,7H,6,18H2. The Hall–Kier alpha value is -1.58. The summed E-state index contributed by atoms with van der Waals surface area (Å²) >= 11 is 11.7. The lowest BCUT2D eigenvalue weighted by atomic mass is 10.0. The van der Waals surface area contributed by atoms with Gasteiger partial charge in [0.15, 0.2) is 5.78 Å². The Morgan fingerprint density at radius 1 is 1.16 bits per heavy atom. The van der Waals surface area contributed by atoms with Crippen molar-refractivity contribution >= 4 is 34.7 Å². The number of nitrogen functional groups attached to an aromatic ring is 1. The molecule has 0 saturated heterocycles. The van der Waals surface area contributed by atoms with Crippen molar-refractivity contribution in [2.45, 2.75) is 6.42 Å². The van der Waals surface area contributed by atoms with E-state index in [4.69, 9.17) is 28.9 Å². The zero-order chi connectivity index (χ0) is 14.0. The maximum atomic E-state index is 13.1. The highest BCUT2D eigenvalue weighted by molar-refractivity contribution is 6.32. The fraction of sp³-hybridized carbons (Fsp3) is 0.0714. The number of halogens is 3. The van der Waals surface area contributed by atoms with Crippen molar-refractivity contribution in [2.24, 2.45) is 0 Å². The lowest BCUT2D eigenvalue weighted by Gasteiger charge is -2.07. The van der Waals surface area contributed by atoms with Gasteiger partial charge in [-0.3, -0.25) is 4.79 Å². The topological polar surface area (TPSA) is 43.1 Å². The molecule has 19 heavy (non-hydrogen) atoms. The van der Waals surface area contributed by atoms with E-state index < -0.39 is 5.82 Å². The Bertz CT molecular complexity index is 643. The summed E-state index contributed by atoms with van der Waals surface area (Å²) in [5, 5.41) is 0.806. The van der Waals surface area contributed by atoms with Crippen LogP contribution in [-0.4, -0.2) is 5.78 Å². The van der Waals surface area contributed by atoms with E-state index in [1.807, 2.05) is 0 Å². The van der Waals surface area contributed by atoms with Crippen LogP contribution in [0.1, 0.15) is 15.9 Å². The zero-order valence-corrected chi connectivity index (χ0v) is 11.3. The third kappa shape index (κ3) is 3.25. The van der Waals surface area contributed by atoms with E-state index in [1.54, 1.807) is 12.1 Å². The first-order chi connectivity index (χ1) is 8.97. The van der Waals surface area contributed by atoms with Crippen LogP contribution in [0.2, 0.25) is 10.0 Å². The molecule has 5 heteroatoms. The van der Waals surface area contributed by atoms with Crippen LogP contribution in [0.15, 0.2) is 36.4 Å². The number of carbonyl (C=O) groups excluding carboxylic acids is 1. The molecule has 0 aromatic heterocycles. The van der Waals surface area contributed by atoms with Gasteiger partial charge in [0.2, 0.25) is 0 Å². The minimum atomic E-state index is -0.434. The molecular formula is C14H10Cl2FNO. The van der Waals surface area contributed by atoms with Crippen molar-refractivity contribution in [1.29, 1.82) is 0 Å². The number of anilines is 1. The summed E-state index contributed by atoms with van der Waals surface area (Å²) in [5.74, 6) is -0.669. The monoisotopic (exact) mass is 297 g/mol. The van der Waals surface area contributed by atoms with E-state index >= 15 is 0 Å². The number of hydrogen-bond acceptors (Lipinski definition) is 2. The van der Waals surface area contributed by atoms with E-state index in [0.717, 1.165) is 0 Å². The Balaban J connectivity index is 2.28. The second kappa shape index (κ2) is 5.59. The van der Waals surface area contributed by atoms with Crippen LogP contribution in [0.5, 0.6) is 0 Å². The largest absolute Gasteiger partial charge is 0.398 e. The normalized spacial score (nSPS) is 10.5. The molecule has 2 rings (SSSR count). The second-order valence-corrected chi connectivity index (χ2v) is 4.91. The molecule has 0 spiro atoms. The van der Waals surface area contributed by atoms with E-state index in [0.29, 0.717) is 26.9 Å². The molecule has 0 amide bonds. The van der Waals surface area contributed by atoms with Crippen LogP contribution < -0.4 is 5.73 Å². The maximum absolute atomic E-state index is 13.1. The van der Waals surface area contributed by atoms with Gasteiger partial charge in [-0.05, 0) is 42.0 Å². The van der Waals surface area contributed by atoms with Crippen molar-refractivity contribution in [3.63, 3.8) is 0 Å². The van der Waals surface area contributed by atoms with Crippen molar-refractivity contribution in [3.05, 3.63) is 63.4 Å². The summed E-state index contributed by atoms with van der Waals surface area (Å²) in [4.78, 5) is 12.1. The summed E-state index contributed by atoms with van der Waals surface area (Å²) in [6, 6.07) is 8.54. The minimum Gasteiger partial charge on any atom is -0.398 e. The molecule has 2 N–H and O–H groups in total. The van der Waals surface area contributed by atoms with Crippen LogP contribution in [0, 0.1) is 5.82 Å². The second-order valence-electron chi connectivity index (χ2n) is 4.07. The number of carbonyl (C=O) groups is 1. The molecule has 0 bridgehead atoms. The number of benzene rings is 2. The molecule has 0 aliphatic rings. The van der Waals surface area contributed by atoms with E-state index in [-0.39, 0.29) is 12.2 Å². The lowest BCUT2D eigenvalue weighted by molar-refractivity contribution is 0.0994. The highest BCUT2D eigenvalue weighted by Gasteiger charge is 2.13. The molecule has 0 atom stereocenters. The molecule has 2 aromatic carbocycles. The highest BCUT2D eigenvalue weighted by Crippen LogP contribution is 2.23. The zero-order valence-electron chi connectivity index (χ0n) is 9.79. The van der Waals surface area contributed by atoms with Gasteiger partial charge in [0, 0.05) is 27.7 Å². The fourth-order valence-corrected chi connectivity index (χ4v) is 2.10. The van der Waals surface area contributed by atoms with Crippen molar-refractivity contribution in [3.8, 4) is 0 Å². The van der Waals surface area contributed by atoms with E-state index in [1.165, 1.54) is 24.3 Å². The Morgan fingerprint density at radius 3 is 2.58 bits per heavy atom. The molecule has 0 aliphatic heterocycles. The van der Waals surface area contributed by atoms with Gasteiger partial charge in [-0.2, -0.15) is 0 Å². The summed E-state index contributed by atoms with van der Waals surface area (Å²) in [5.41, 5.74) is 6.81. The Morgan fingerprint density at radius 2 is 1.89 bits per heavy atom. The Kier molecular flexibility index (Phi) is 4.08. The van der Waals surface area contributed by atoms with Gasteiger partial charge >= 0.3 is 0 Å². The molecule has 98 valence electrons. The molecule has 0 fully saturated rings. The van der Waals surface area contributed by atoms with E-state index in [2.05, 4.69) is 0 Å². The van der Waals surface area contributed by atoms with Crippen molar-refractivity contribution in [2.75, 3.05) is 5.73 Å². The number of ketones is 1. The van der Waals surface area contributed by atoms with Gasteiger partial charge in [-0.1, -0.05) is 23.2 Å². The first kappa shape index (κ1) is 13.8. The third-order valence-corrected chi connectivity index (χ3v) is 3.28. The van der Waals surface area contributed by atoms with Gasteiger partial charge in [0.1, 0.15) is 5.82 Å². The lowest BCUT2D eigenvalue weighted by Crippen LogP contribution is -2.07. The minimum absolute atomic E-state index is 0.0115. The summed E-state index contributed by atoms with van der Waals surface area (Å²) in [6.07, 6.45) is -0.0115. The predicted octanol–water partition coefficient (Wildman–Crippen LogP) is 4.14. The number of nitrogens with two attached hydrogens (primary N) is 1. The maximum Gasteiger partial charge on any atom is 0.169 e. The van der Waals surface area contributed by atoms with Crippen molar-refractivity contribution in [1.82, 2.24) is 0 Å². The van der Waals surface area contributed by atoms with Crippen LogP contribution in [0.3, 0.4) is 0 Å². The molecule has 2 aromatic rings. The highest BCUT2D eigenvalue weighted by atomic mass is 35.5. The van der Waals surface area contributed by atoms with Gasteiger partial charge in [0.25, 0.3) is 0 Å². The fourth-order valence-electron chi connectivity index (χ4n) is 1.73. The molecular weight excluding hydrogens is 288 g/mol. The van der Waals surface area contributed by atoms with Crippen LogP contribution in [-0.2, 0) is 6.42 Å². The molecule has 2 nitrogen and oxygen atoms in total. The first-order valence-electron chi connectivity index (χ1n) is 5.49. The van der Waals surface area contributed by atoms with Crippen LogP contribution in [0.4, 0.5) is 10.1 Å². The SMILES string of the molecule is Nc1cc(Cl)ccc1C(=O)Cc1cc(F)ccc1Cl. The van der Waals surface area contributed by atoms with Gasteiger partial charge in [-0.15, -0.1) is 0 Å². The van der Waals surface area contributed by atoms with Crippen LogP contribution >= 0.6 is 23.2 Å². The average molecular weight is 298 g/mol. The van der Waals surface area contributed by atoms with Crippen molar-refractivity contribution < 1.29 is 9.18 Å². The molecule has 0 saturated carbocycles. The van der Waals surface area contributed by atoms with Gasteiger partial charge < -0.3 is 5.73 Å². The summed E-state index contributed by atoms with van der Waals surface area (Å²) < 4.78 is 13.1. The number of hydrogen-bond donors (Lipinski definition) is 1. The molecule has 0 heterocycles. The first-order valence-corrected chi connectivity index (χ1v) is 6.25. The van der Waals surface area contributed by atoms with E-state index in [9.17, 15) is 9.18 Å². The van der Waals surface area contributed by atoms with Gasteiger partial charge in [-0.25, -0.2) is 4.39 Å². The van der Waals surface area contributed by atoms with Crippen LogP contribution in [0.25, 0.3) is 0 Å². The quantitative estimate of drug-likeness (QED) is 0.683.